The van der Waals surface area contributed by atoms with Crippen LogP contribution >= 0.6 is 22.7 Å². The average Bonchev–Trinajstić information content (AvgIpc) is 3.32. The quantitative estimate of drug-likeness (QED) is 0.560. The number of thiophene rings is 1. The van der Waals surface area contributed by atoms with Gasteiger partial charge < -0.3 is 9.47 Å². The highest BCUT2D eigenvalue weighted by atomic mass is 32.1. The van der Waals surface area contributed by atoms with Gasteiger partial charge in [-0.2, -0.15) is 11.3 Å². The Labute approximate surface area is 175 Å². The molecule has 0 radical (unpaired) electrons. The van der Waals surface area contributed by atoms with Gasteiger partial charge in [0.05, 0.1) is 36.4 Å². The van der Waals surface area contributed by atoms with Crippen molar-refractivity contribution in [1.29, 1.82) is 0 Å². The van der Waals surface area contributed by atoms with E-state index >= 15 is 0 Å². The van der Waals surface area contributed by atoms with Crippen molar-refractivity contribution in [2.45, 2.75) is 13.5 Å². The summed E-state index contributed by atoms with van der Waals surface area (Å²) in [6, 6.07) is 8.73. The summed E-state index contributed by atoms with van der Waals surface area (Å²) < 4.78 is 12.3. The molecular formula is C21H19NO5S2. The Morgan fingerprint density at radius 3 is 2.55 bits per heavy atom. The van der Waals surface area contributed by atoms with Crippen molar-refractivity contribution in [2.75, 3.05) is 13.7 Å². The first kappa shape index (κ1) is 20.8. The summed E-state index contributed by atoms with van der Waals surface area (Å²) in [6.45, 7) is 2.25. The van der Waals surface area contributed by atoms with Crippen molar-refractivity contribution in [3.05, 3.63) is 77.3 Å². The number of esters is 2. The second kappa shape index (κ2) is 9.49. The molecule has 0 atom stereocenters. The first-order valence-corrected chi connectivity index (χ1v) is 10.6. The number of benzene rings is 1. The fraction of sp³-hybridized carbons (Fsp3) is 0.190. The summed E-state index contributed by atoms with van der Waals surface area (Å²) in [5.41, 5.74) is 2.00. The van der Waals surface area contributed by atoms with Gasteiger partial charge in [0, 0.05) is 0 Å². The molecule has 2 aromatic heterocycles. The van der Waals surface area contributed by atoms with Gasteiger partial charge in [0.1, 0.15) is 4.66 Å². The van der Waals surface area contributed by atoms with Crippen LogP contribution in [0, 0.1) is 0 Å². The minimum atomic E-state index is -0.495. The molecule has 0 unspecified atom stereocenters. The molecule has 0 saturated heterocycles. The monoisotopic (exact) mass is 429 g/mol. The fourth-order valence-corrected chi connectivity index (χ4v) is 4.28. The van der Waals surface area contributed by atoms with Crippen molar-refractivity contribution < 1.29 is 19.1 Å². The number of hydrogen-bond acceptors (Lipinski definition) is 7. The lowest BCUT2D eigenvalue weighted by Gasteiger charge is -2.04. The van der Waals surface area contributed by atoms with Crippen molar-refractivity contribution in [2.24, 2.45) is 0 Å². The maximum absolute atomic E-state index is 13.0. The smallest absolute Gasteiger partial charge is 0.337 e. The van der Waals surface area contributed by atoms with E-state index in [1.807, 2.05) is 22.9 Å². The van der Waals surface area contributed by atoms with Crippen LogP contribution in [0.4, 0.5) is 0 Å². The molecule has 3 aromatic rings. The van der Waals surface area contributed by atoms with E-state index in [1.54, 1.807) is 42.5 Å². The van der Waals surface area contributed by atoms with Crippen LogP contribution in [0.2, 0.25) is 0 Å². The maximum atomic E-state index is 13.0. The molecule has 0 N–H and O–H groups in total. The highest BCUT2D eigenvalue weighted by molar-refractivity contribution is 7.08. The van der Waals surface area contributed by atoms with E-state index < -0.39 is 11.9 Å². The summed E-state index contributed by atoms with van der Waals surface area (Å²) in [5.74, 6) is -0.918. The van der Waals surface area contributed by atoms with E-state index in [1.165, 1.54) is 29.1 Å². The third-order valence-electron chi connectivity index (χ3n) is 4.02. The summed E-state index contributed by atoms with van der Waals surface area (Å²) in [5, 5.41) is 3.89. The van der Waals surface area contributed by atoms with Crippen LogP contribution < -0.4 is 14.8 Å². The molecule has 3 rings (SSSR count). The lowest BCUT2D eigenvalue weighted by atomic mass is 10.1. The zero-order chi connectivity index (χ0) is 20.8. The van der Waals surface area contributed by atoms with Crippen LogP contribution in [0.25, 0.3) is 12.2 Å². The second-order valence-electron chi connectivity index (χ2n) is 5.98. The minimum Gasteiger partial charge on any atom is -0.465 e. The Morgan fingerprint density at radius 2 is 1.93 bits per heavy atom. The lowest BCUT2D eigenvalue weighted by molar-refractivity contribution is -0.135. The number of hydrogen-bond donors (Lipinski definition) is 0. The first-order chi connectivity index (χ1) is 14.0. The summed E-state index contributed by atoms with van der Waals surface area (Å²) in [6.07, 6.45) is 3.15. The molecule has 8 heteroatoms. The first-order valence-electron chi connectivity index (χ1n) is 8.81. The van der Waals surface area contributed by atoms with Crippen molar-refractivity contribution >= 4 is 46.8 Å². The molecule has 0 aliphatic rings. The molecule has 2 heterocycles. The second-order valence-corrected chi connectivity index (χ2v) is 7.82. The van der Waals surface area contributed by atoms with Gasteiger partial charge in [0.25, 0.3) is 5.56 Å². The minimum absolute atomic E-state index is 0.186. The van der Waals surface area contributed by atoms with Crippen molar-refractivity contribution in [1.82, 2.24) is 4.57 Å². The van der Waals surface area contributed by atoms with Crippen LogP contribution in [0.3, 0.4) is 0 Å². The zero-order valence-electron chi connectivity index (χ0n) is 15.9. The van der Waals surface area contributed by atoms with E-state index in [2.05, 4.69) is 0 Å². The molecule has 6 nitrogen and oxygen atoms in total. The van der Waals surface area contributed by atoms with Crippen LogP contribution in [0.15, 0.2) is 45.9 Å². The number of rotatable bonds is 6. The molecule has 150 valence electrons. The van der Waals surface area contributed by atoms with Gasteiger partial charge in [-0.1, -0.05) is 12.1 Å². The summed E-state index contributed by atoms with van der Waals surface area (Å²) in [4.78, 5) is 36.5. The highest BCUT2D eigenvalue weighted by Gasteiger charge is 2.09. The van der Waals surface area contributed by atoms with E-state index in [0.717, 1.165) is 11.1 Å². The Morgan fingerprint density at radius 1 is 1.17 bits per heavy atom. The van der Waals surface area contributed by atoms with Gasteiger partial charge in [-0.05, 0) is 53.1 Å². The van der Waals surface area contributed by atoms with E-state index in [9.17, 15) is 14.4 Å². The molecule has 0 spiro atoms. The molecule has 0 fully saturated rings. The molecule has 0 aliphatic carbocycles. The third-order valence-corrected chi connectivity index (χ3v) is 5.78. The van der Waals surface area contributed by atoms with Gasteiger partial charge in [0.2, 0.25) is 0 Å². The van der Waals surface area contributed by atoms with Gasteiger partial charge in [-0.3, -0.25) is 9.36 Å². The Kier molecular flexibility index (Phi) is 6.79. The van der Waals surface area contributed by atoms with Crippen LogP contribution in [0.5, 0.6) is 0 Å². The number of methoxy groups -OCH3 is 1. The predicted molar refractivity (Wildman–Crippen MR) is 114 cm³/mol. The summed E-state index contributed by atoms with van der Waals surface area (Å²) in [7, 11) is 1.32. The zero-order valence-corrected chi connectivity index (χ0v) is 17.5. The van der Waals surface area contributed by atoms with Gasteiger partial charge in [-0.15, -0.1) is 11.3 Å². The Balaban J connectivity index is 2.04. The number of carbonyl (C=O) groups is 2. The number of carbonyl (C=O) groups excluding carboxylic acids is 2. The maximum Gasteiger partial charge on any atom is 0.337 e. The number of ether oxygens (including phenoxy) is 2. The molecule has 0 aliphatic heterocycles. The van der Waals surface area contributed by atoms with E-state index in [-0.39, 0.29) is 18.7 Å². The third kappa shape index (κ3) is 5.10. The van der Waals surface area contributed by atoms with Crippen molar-refractivity contribution in [3.8, 4) is 0 Å². The standard InChI is InChI=1S/C21H19NO5S2/c1-3-27-19(23)11-18-22(12-14-4-6-16(7-5-14)21(25)26-2)20(24)17(29-18)10-15-8-9-28-13-15/h4-11,13H,3,12H2,1-2H3/b17-10-,18-11-. The fourth-order valence-electron chi connectivity index (χ4n) is 2.63. The van der Waals surface area contributed by atoms with Crippen LogP contribution in [-0.4, -0.2) is 30.2 Å². The number of thiazole rings is 1. The van der Waals surface area contributed by atoms with Gasteiger partial charge >= 0.3 is 11.9 Å². The van der Waals surface area contributed by atoms with Crippen LogP contribution in [-0.2, 0) is 20.8 Å². The molecule has 0 bridgehead atoms. The Bertz CT molecular complexity index is 1170. The van der Waals surface area contributed by atoms with Crippen molar-refractivity contribution in [3.63, 3.8) is 0 Å². The molecule has 1 aromatic carbocycles. The summed E-state index contributed by atoms with van der Waals surface area (Å²) >= 11 is 2.78. The average molecular weight is 430 g/mol. The van der Waals surface area contributed by atoms with Gasteiger partial charge in [-0.25, -0.2) is 9.59 Å². The Hall–Kier alpha value is -2.97. The molecule has 29 heavy (non-hydrogen) atoms. The number of nitrogens with zero attached hydrogens (tertiary/aromatic N) is 1. The normalized spacial score (nSPS) is 12.2. The highest BCUT2D eigenvalue weighted by Crippen LogP contribution is 2.07. The topological polar surface area (TPSA) is 74.6 Å². The van der Waals surface area contributed by atoms with Crippen LogP contribution in [0.1, 0.15) is 28.4 Å². The van der Waals surface area contributed by atoms with E-state index in [0.29, 0.717) is 14.8 Å². The SMILES string of the molecule is CCOC(=O)/C=c1\s/c(=C\c2ccsc2)c(=O)n1Cc1ccc(C(=O)OC)cc1. The molecule has 0 amide bonds. The number of aromatic nitrogens is 1. The molecule has 0 saturated carbocycles. The molecular weight excluding hydrogens is 410 g/mol. The predicted octanol–water partition coefficient (Wildman–Crippen LogP) is 1.98. The lowest BCUT2D eigenvalue weighted by Crippen LogP contribution is -2.32. The van der Waals surface area contributed by atoms with Gasteiger partial charge in [0.15, 0.2) is 0 Å². The largest absolute Gasteiger partial charge is 0.465 e. The van der Waals surface area contributed by atoms with E-state index in [4.69, 9.17) is 9.47 Å².